The quantitative estimate of drug-likeness (QED) is 0.779. The number of rotatable bonds is 2. The van der Waals surface area contributed by atoms with Gasteiger partial charge in [0.25, 0.3) is 0 Å². The molecule has 6 nitrogen and oxygen atoms in total. The fourth-order valence-corrected chi connectivity index (χ4v) is 2.51. The van der Waals surface area contributed by atoms with Gasteiger partial charge < -0.3 is 16.0 Å². The van der Waals surface area contributed by atoms with Gasteiger partial charge in [0.05, 0.1) is 11.4 Å². The Balaban J connectivity index is 1.86. The van der Waals surface area contributed by atoms with E-state index in [0.717, 1.165) is 12.2 Å². The highest BCUT2D eigenvalue weighted by Gasteiger charge is 2.19. The monoisotopic (exact) mass is 247 g/mol. The van der Waals surface area contributed by atoms with E-state index in [1.54, 1.807) is 0 Å². The molecule has 6 heteroatoms. The summed E-state index contributed by atoms with van der Waals surface area (Å²) in [4.78, 5) is 2.33. The molecule has 0 spiro atoms. The lowest BCUT2D eigenvalue weighted by Crippen LogP contribution is -2.39. The standard InChI is InChI=1S/C12H17N5O/c1-17-6-2-3-8(7-17)14-10-5-4-9(13)11-12(10)16-18-15-11/h4-5,8,14H,2-3,6-7,13H2,1H3. The van der Waals surface area contributed by atoms with E-state index in [1.807, 2.05) is 12.1 Å². The molecule has 0 saturated carbocycles. The van der Waals surface area contributed by atoms with Gasteiger partial charge in [-0.25, -0.2) is 4.63 Å². The maximum atomic E-state index is 5.83. The first kappa shape index (κ1) is 11.3. The molecule has 0 aliphatic carbocycles. The van der Waals surface area contributed by atoms with Crippen molar-refractivity contribution in [3.8, 4) is 0 Å². The molecule has 1 aromatic heterocycles. The largest absolute Gasteiger partial charge is 0.397 e. The Morgan fingerprint density at radius 2 is 2.22 bits per heavy atom. The molecule has 0 radical (unpaired) electrons. The minimum atomic E-state index is 0.437. The second-order valence-corrected chi connectivity index (χ2v) is 4.91. The number of nitrogens with two attached hydrogens (primary N) is 1. The molecular formula is C12H17N5O. The SMILES string of the molecule is CN1CCCC(Nc2ccc(N)c3nonc23)C1. The number of fused-ring (bicyclic) bond motifs is 1. The van der Waals surface area contributed by atoms with Gasteiger partial charge in [-0.05, 0) is 48.9 Å². The Labute approximate surface area is 105 Å². The number of hydrogen-bond acceptors (Lipinski definition) is 6. The summed E-state index contributed by atoms with van der Waals surface area (Å²) in [6, 6.07) is 4.21. The summed E-state index contributed by atoms with van der Waals surface area (Å²) in [6.07, 6.45) is 2.38. The van der Waals surface area contributed by atoms with E-state index in [2.05, 4.69) is 27.6 Å². The maximum Gasteiger partial charge on any atom is 0.160 e. The summed E-state index contributed by atoms with van der Waals surface area (Å²) in [5.41, 5.74) is 8.71. The average molecular weight is 247 g/mol. The second-order valence-electron chi connectivity index (χ2n) is 4.91. The van der Waals surface area contributed by atoms with Crippen LogP contribution in [0.4, 0.5) is 11.4 Å². The molecule has 0 amide bonds. The third kappa shape index (κ3) is 1.99. The number of nitrogens with one attached hydrogen (secondary N) is 1. The van der Waals surface area contributed by atoms with Gasteiger partial charge in [-0.15, -0.1) is 0 Å². The lowest BCUT2D eigenvalue weighted by molar-refractivity contribution is 0.261. The van der Waals surface area contributed by atoms with E-state index in [1.165, 1.54) is 19.4 Å². The van der Waals surface area contributed by atoms with Gasteiger partial charge in [-0.1, -0.05) is 0 Å². The molecule has 1 unspecified atom stereocenters. The van der Waals surface area contributed by atoms with Crippen molar-refractivity contribution >= 4 is 22.4 Å². The number of nitrogens with zero attached hydrogens (tertiary/aromatic N) is 3. The van der Waals surface area contributed by atoms with Gasteiger partial charge in [0.15, 0.2) is 11.0 Å². The minimum absolute atomic E-state index is 0.437. The van der Waals surface area contributed by atoms with Crippen molar-refractivity contribution in [2.45, 2.75) is 18.9 Å². The number of nitrogen functional groups attached to an aromatic ring is 1. The van der Waals surface area contributed by atoms with E-state index < -0.39 is 0 Å². The third-order valence-electron chi connectivity index (χ3n) is 3.43. The van der Waals surface area contributed by atoms with Crippen LogP contribution in [0.3, 0.4) is 0 Å². The van der Waals surface area contributed by atoms with E-state index in [9.17, 15) is 0 Å². The molecule has 3 rings (SSSR count). The summed E-state index contributed by atoms with van der Waals surface area (Å²) in [6.45, 7) is 2.21. The van der Waals surface area contributed by atoms with Crippen molar-refractivity contribution in [2.75, 3.05) is 31.2 Å². The molecular weight excluding hydrogens is 230 g/mol. The maximum absolute atomic E-state index is 5.83. The van der Waals surface area contributed by atoms with Crippen LogP contribution < -0.4 is 11.1 Å². The predicted octanol–water partition coefficient (Wildman–Crippen LogP) is 1.31. The Morgan fingerprint density at radius 1 is 1.39 bits per heavy atom. The van der Waals surface area contributed by atoms with Crippen LogP contribution in [-0.2, 0) is 0 Å². The van der Waals surface area contributed by atoms with Gasteiger partial charge in [0, 0.05) is 12.6 Å². The van der Waals surface area contributed by atoms with Gasteiger partial charge >= 0.3 is 0 Å². The molecule has 3 N–H and O–H groups in total. The molecule has 1 aromatic carbocycles. The Kier molecular flexibility index (Phi) is 2.79. The van der Waals surface area contributed by atoms with E-state index in [0.29, 0.717) is 22.8 Å². The van der Waals surface area contributed by atoms with Gasteiger partial charge in [0.1, 0.15) is 0 Å². The van der Waals surface area contributed by atoms with E-state index >= 15 is 0 Å². The molecule has 18 heavy (non-hydrogen) atoms. The molecule has 1 fully saturated rings. The number of likely N-dealkylation sites (N-methyl/N-ethyl adjacent to an activating group) is 1. The fraction of sp³-hybridized carbons (Fsp3) is 0.500. The normalized spacial score (nSPS) is 21.3. The van der Waals surface area contributed by atoms with Crippen molar-refractivity contribution in [1.29, 1.82) is 0 Å². The number of benzene rings is 1. The summed E-state index contributed by atoms with van der Waals surface area (Å²) >= 11 is 0. The number of aromatic nitrogens is 2. The van der Waals surface area contributed by atoms with E-state index in [-0.39, 0.29) is 0 Å². The van der Waals surface area contributed by atoms with Gasteiger partial charge in [-0.3, -0.25) is 0 Å². The molecule has 2 heterocycles. The minimum Gasteiger partial charge on any atom is -0.397 e. The van der Waals surface area contributed by atoms with Crippen LogP contribution in [0.25, 0.3) is 11.0 Å². The van der Waals surface area contributed by atoms with Crippen LogP contribution >= 0.6 is 0 Å². The molecule has 1 aliphatic heterocycles. The number of anilines is 2. The van der Waals surface area contributed by atoms with Gasteiger partial charge in [-0.2, -0.15) is 0 Å². The van der Waals surface area contributed by atoms with Crippen LogP contribution in [0.5, 0.6) is 0 Å². The van der Waals surface area contributed by atoms with Crippen molar-refractivity contribution in [3.63, 3.8) is 0 Å². The topological polar surface area (TPSA) is 80.2 Å². The molecule has 1 atom stereocenters. The second kappa shape index (κ2) is 4.45. The Morgan fingerprint density at radius 3 is 3.06 bits per heavy atom. The zero-order valence-electron chi connectivity index (χ0n) is 10.4. The van der Waals surface area contributed by atoms with Crippen LogP contribution in [-0.4, -0.2) is 41.4 Å². The molecule has 0 bridgehead atoms. The van der Waals surface area contributed by atoms with Crippen molar-refractivity contribution in [3.05, 3.63) is 12.1 Å². The Bertz CT molecular complexity index is 552. The van der Waals surface area contributed by atoms with Crippen molar-refractivity contribution < 1.29 is 4.63 Å². The van der Waals surface area contributed by atoms with Crippen LogP contribution in [0.15, 0.2) is 16.8 Å². The zero-order chi connectivity index (χ0) is 12.5. The fourth-order valence-electron chi connectivity index (χ4n) is 2.51. The number of hydrogen-bond donors (Lipinski definition) is 2. The highest BCUT2D eigenvalue weighted by atomic mass is 16.6. The summed E-state index contributed by atoms with van der Waals surface area (Å²) in [5, 5.41) is 11.3. The van der Waals surface area contributed by atoms with Crippen molar-refractivity contribution in [2.24, 2.45) is 0 Å². The number of likely N-dealkylation sites (tertiary alicyclic amines) is 1. The van der Waals surface area contributed by atoms with Gasteiger partial charge in [0.2, 0.25) is 0 Å². The van der Waals surface area contributed by atoms with Crippen LogP contribution in [0.2, 0.25) is 0 Å². The zero-order valence-corrected chi connectivity index (χ0v) is 10.4. The predicted molar refractivity (Wildman–Crippen MR) is 70.4 cm³/mol. The molecule has 1 aliphatic rings. The molecule has 1 saturated heterocycles. The lowest BCUT2D eigenvalue weighted by atomic mass is 10.1. The summed E-state index contributed by atoms with van der Waals surface area (Å²) in [7, 11) is 2.14. The first-order chi connectivity index (χ1) is 8.74. The summed E-state index contributed by atoms with van der Waals surface area (Å²) < 4.78 is 4.77. The molecule has 2 aromatic rings. The highest BCUT2D eigenvalue weighted by molar-refractivity contribution is 5.95. The highest BCUT2D eigenvalue weighted by Crippen LogP contribution is 2.26. The summed E-state index contributed by atoms with van der Waals surface area (Å²) in [5.74, 6) is 0. The van der Waals surface area contributed by atoms with Crippen molar-refractivity contribution in [1.82, 2.24) is 15.2 Å². The lowest BCUT2D eigenvalue weighted by Gasteiger charge is -2.30. The smallest absolute Gasteiger partial charge is 0.160 e. The first-order valence-electron chi connectivity index (χ1n) is 6.20. The molecule has 96 valence electrons. The van der Waals surface area contributed by atoms with Crippen LogP contribution in [0.1, 0.15) is 12.8 Å². The average Bonchev–Trinajstić information content (AvgIpc) is 2.83. The third-order valence-corrected chi connectivity index (χ3v) is 3.43. The van der Waals surface area contributed by atoms with Crippen LogP contribution in [0, 0.1) is 0 Å². The van der Waals surface area contributed by atoms with E-state index in [4.69, 9.17) is 10.4 Å². The first-order valence-corrected chi connectivity index (χ1v) is 6.20. The Hall–Kier alpha value is -1.82. The number of piperidine rings is 1.